The Morgan fingerprint density at radius 1 is 1.32 bits per heavy atom. The highest BCUT2D eigenvalue weighted by atomic mass is 16.1. The van der Waals surface area contributed by atoms with Gasteiger partial charge in [-0.25, -0.2) is 0 Å². The Balaban J connectivity index is 1.90. The zero-order valence-electron chi connectivity index (χ0n) is 11.7. The van der Waals surface area contributed by atoms with Crippen LogP contribution in [0.25, 0.3) is 0 Å². The van der Waals surface area contributed by atoms with Gasteiger partial charge in [0.15, 0.2) is 5.69 Å². The van der Waals surface area contributed by atoms with Crippen LogP contribution >= 0.6 is 0 Å². The van der Waals surface area contributed by atoms with Gasteiger partial charge < -0.3 is 10.6 Å². The van der Waals surface area contributed by atoms with Crippen LogP contribution in [0.2, 0.25) is 0 Å². The molecule has 1 aromatic heterocycles. The minimum atomic E-state index is -0.177. The maximum Gasteiger partial charge on any atom is 0.271 e. The van der Waals surface area contributed by atoms with Crippen LogP contribution in [0.4, 0.5) is 5.82 Å². The van der Waals surface area contributed by atoms with Gasteiger partial charge in [-0.05, 0) is 37.3 Å². The zero-order valence-corrected chi connectivity index (χ0v) is 11.7. The van der Waals surface area contributed by atoms with Gasteiger partial charge >= 0.3 is 0 Å². The van der Waals surface area contributed by atoms with Crippen molar-refractivity contribution in [2.24, 2.45) is 5.41 Å². The fourth-order valence-corrected chi connectivity index (χ4v) is 2.51. The summed E-state index contributed by atoms with van der Waals surface area (Å²) in [5.74, 6) is 0.561. The molecule has 0 aromatic carbocycles. The zero-order chi connectivity index (χ0) is 13.7. The molecule has 5 nitrogen and oxygen atoms in total. The molecular weight excluding hydrogens is 240 g/mol. The second-order valence-corrected chi connectivity index (χ2v) is 5.53. The molecule has 0 unspecified atom stereocenters. The van der Waals surface area contributed by atoms with E-state index in [1.54, 1.807) is 6.07 Å². The van der Waals surface area contributed by atoms with Gasteiger partial charge in [-0.1, -0.05) is 19.8 Å². The lowest BCUT2D eigenvalue weighted by Gasteiger charge is -2.23. The number of aromatic nitrogens is 2. The van der Waals surface area contributed by atoms with Crippen LogP contribution in [0, 0.1) is 5.41 Å². The normalized spacial score (nSPS) is 17.2. The van der Waals surface area contributed by atoms with Crippen LogP contribution in [0.15, 0.2) is 12.1 Å². The number of carbonyl (C=O) groups excluding carboxylic acids is 1. The maximum atomic E-state index is 11.5. The van der Waals surface area contributed by atoms with E-state index in [9.17, 15) is 4.79 Å². The van der Waals surface area contributed by atoms with E-state index in [1.165, 1.54) is 25.7 Å². The molecule has 0 saturated heterocycles. The first-order valence-corrected chi connectivity index (χ1v) is 6.99. The highest BCUT2D eigenvalue weighted by molar-refractivity contribution is 5.92. The smallest absolute Gasteiger partial charge is 0.271 e. The molecule has 5 heteroatoms. The quantitative estimate of drug-likeness (QED) is 0.854. The molecule has 19 heavy (non-hydrogen) atoms. The van der Waals surface area contributed by atoms with Crippen LogP contribution < -0.4 is 10.6 Å². The highest BCUT2D eigenvalue weighted by Crippen LogP contribution is 2.37. The molecular formula is C14H22N4O. The molecule has 1 aliphatic rings. The molecule has 104 valence electrons. The first-order valence-electron chi connectivity index (χ1n) is 6.99. The van der Waals surface area contributed by atoms with Crippen molar-refractivity contribution in [2.75, 3.05) is 18.4 Å². The third kappa shape index (κ3) is 3.66. The van der Waals surface area contributed by atoms with Gasteiger partial charge in [0.05, 0.1) is 0 Å². The van der Waals surface area contributed by atoms with Crippen LogP contribution in [-0.2, 0) is 0 Å². The van der Waals surface area contributed by atoms with Gasteiger partial charge in [-0.3, -0.25) is 4.79 Å². The van der Waals surface area contributed by atoms with E-state index < -0.39 is 0 Å². The number of hydrogen-bond acceptors (Lipinski definition) is 4. The summed E-state index contributed by atoms with van der Waals surface area (Å²) in [6, 6.07) is 3.52. The van der Waals surface area contributed by atoms with Crippen LogP contribution in [-0.4, -0.2) is 29.2 Å². The molecule has 0 aliphatic heterocycles. The predicted octanol–water partition coefficient (Wildman–Crippen LogP) is 2.22. The van der Waals surface area contributed by atoms with E-state index in [4.69, 9.17) is 0 Å². The van der Waals surface area contributed by atoms with Gasteiger partial charge in [-0.2, -0.15) is 0 Å². The fraction of sp³-hybridized carbons (Fsp3) is 0.643. The molecule has 0 spiro atoms. The first kappa shape index (κ1) is 13.8. The molecule has 0 radical (unpaired) electrons. The predicted molar refractivity (Wildman–Crippen MR) is 75.1 cm³/mol. The minimum absolute atomic E-state index is 0.177. The Bertz CT molecular complexity index is 424. The Labute approximate surface area is 114 Å². The summed E-state index contributed by atoms with van der Waals surface area (Å²) in [5, 5.41) is 14.0. The number of nitrogens with zero attached hydrogens (tertiary/aromatic N) is 2. The van der Waals surface area contributed by atoms with Crippen molar-refractivity contribution in [1.82, 2.24) is 15.5 Å². The average molecular weight is 262 g/mol. The summed E-state index contributed by atoms with van der Waals surface area (Å²) in [6.07, 6.45) is 5.18. The Morgan fingerprint density at radius 2 is 2.05 bits per heavy atom. The van der Waals surface area contributed by atoms with Crippen molar-refractivity contribution in [3.8, 4) is 0 Å². The number of nitrogens with one attached hydrogen (secondary N) is 2. The number of amides is 1. The first-order chi connectivity index (χ1) is 9.13. The number of rotatable bonds is 5. The van der Waals surface area contributed by atoms with Crippen molar-refractivity contribution >= 4 is 11.7 Å². The summed E-state index contributed by atoms with van der Waals surface area (Å²) < 4.78 is 0. The van der Waals surface area contributed by atoms with Crippen molar-refractivity contribution in [3.63, 3.8) is 0 Å². The van der Waals surface area contributed by atoms with E-state index in [0.29, 0.717) is 17.7 Å². The van der Waals surface area contributed by atoms with Gasteiger partial charge in [0, 0.05) is 13.1 Å². The lowest BCUT2D eigenvalue weighted by atomic mass is 9.89. The molecule has 1 aliphatic carbocycles. The molecule has 1 heterocycles. The molecule has 1 fully saturated rings. The summed E-state index contributed by atoms with van der Waals surface area (Å²) >= 11 is 0. The molecule has 1 amide bonds. The molecule has 2 N–H and O–H groups in total. The standard InChI is InChI=1S/C14H22N4O/c1-3-15-13(19)11-6-7-12(18-17-11)16-10-14(2)8-4-5-9-14/h6-7H,3-5,8-10H2,1-2H3,(H,15,19)(H,16,18). The molecule has 1 saturated carbocycles. The lowest BCUT2D eigenvalue weighted by molar-refractivity contribution is 0.0950. The van der Waals surface area contributed by atoms with E-state index in [1.807, 2.05) is 13.0 Å². The fourth-order valence-electron chi connectivity index (χ4n) is 2.51. The Morgan fingerprint density at radius 3 is 2.63 bits per heavy atom. The summed E-state index contributed by atoms with van der Waals surface area (Å²) in [6.45, 7) is 5.70. The SMILES string of the molecule is CCNC(=O)c1ccc(NCC2(C)CCCC2)nn1. The van der Waals surface area contributed by atoms with Gasteiger partial charge in [0.25, 0.3) is 5.91 Å². The van der Waals surface area contributed by atoms with E-state index in [2.05, 4.69) is 27.8 Å². The lowest BCUT2D eigenvalue weighted by Crippen LogP contribution is -2.25. The minimum Gasteiger partial charge on any atom is -0.368 e. The van der Waals surface area contributed by atoms with Crippen molar-refractivity contribution < 1.29 is 4.79 Å². The van der Waals surface area contributed by atoms with Crippen LogP contribution in [0.3, 0.4) is 0 Å². The second kappa shape index (κ2) is 5.99. The Kier molecular flexibility index (Phi) is 4.35. The molecule has 1 aromatic rings. The highest BCUT2D eigenvalue weighted by Gasteiger charge is 2.28. The maximum absolute atomic E-state index is 11.5. The van der Waals surface area contributed by atoms with Crippen molar-refractivity contribution in [2.45, 2.75) is 39.5 Å². The number of hydrogen-bond donors (Lipinski definition) is 2. The van der Waals surface area contributed by atoms with Gasteiger partial charge in [-0.15, -0.1) is 10.2 Å². The topological polar surface area (TPSA) is 66.9 Å². The Hall–Kier alpha value is -1.65. The number of carbonyl (C=O) groups is 1. The summed E-state index contributed by atoms with van der Waals surface area (Å²) in [4.78, 5) is 11.5. The van der Waals surface area contributed by atoms with Gasteiger partial charge in [0.1, 0.15) is 5.82 Å². The van der Waals surface area contributed by atoms with Crippen molar-refractivity contribution in [1.29, 1.82) is 0 Å². The third-order valence-electron chi connectivity index (χ3n) is 3.74. The third-order valence-corrected chi connectivity index (χ3v) is 3.74. The monoisotopic (exact) mass is 262 g/mol. The molecule has 0 atom stereocenters. The van der Waals surface area contributed by atoms with Crippen LogP contribution in [0.1, 0.15) is 50.0 Å². The summed E-state index contributed by atoms with van der Waals surface area (Å²) in [7, 11) is 0. The molecule has 2 rings (SSSR count). The van der Waals surface area contributed by atoms with Crippen LogP contribution in [0.5, 0.6) is 0 Å². The van der Waals surface area contributed by atoms with E-state index in [-0.39, 0.29) is 5.91 Å². The van der Waals surface area contributed by atoms with E-state index in [0.717, 1.165) is 12.4 Å². The molecule has 0 bridgehead atoms. The number of anilines is 1. The van der Waals surface area contributed by atoms with Crippen molar-refractivity contribution in [3.05, 3.63) is 17.8 Å². The largest absolute Gasteiger partial charge is 0.368 e. The average Bonchev–Trinajstić information content (AvgIpc) is 2.85. The van der Waals surface area contributed by atoms with Gasteiger partial charge in [0.2, 0.25) is 0 Å². The van der Waals surface area contributed by atoms with E-state index >= 15 is 0 Å². The second-order valence-electron chi connectivity index (χ2n) is 5.53. The summed E-state index contributed by atoms with van der Waals surface area (Å²) in [5.41, 5.74) is 0.736.